The molecule has 1 N–H and O–H groups in total. The Labute approximate surface area is 115 Å². The highest BCUT2D eigenvalue weighted by Crippen LogP contribution is 2.27. The van der Waals surface area contributed by atoms with Gasteiger partial charge < -0.3 is 14.7 Å². The summed E-state index contributed by atoms with van der Waals surface area (Å²) in [5.74, 6) is -2.05. The van der Waals surface area contributed by atoms with Crippen LogP contribution in [0.3, 0.4) is 0 Å². The van der Waals surface area contributed by atoms with Crippen molar-refractivity contribution in [2.75, 3.05) is 25.2 Å². The Kier molecular flexibility index (Phi) is 5.06. The van der Waals surface area contributed by atoms with E-state index in [4.69, 9.17) is 5.11 Å². The molecular weight excluding hydrogens is 301 g/mol. The predicted octanol–water partition coefficient (Wildman–Crippen LogP) is 1.69. The van der Waals surface area contributed by atoms with Crippen LogP contribution in [0.5, 0.6) is 0 Å². The van der Waals surface area contributed by atoms with Crippen LogP contribution in [-0.2, 0) is 9.53 Å². The van der Waals surface area contributed by atoms with Crippen molar-refractivity contribution in [2.45, 2.75) is 13.1 Å². The van der Waals surface area contributed by atoms with Gasteiger partial charge in [0.1, 0.15) is 23.8 Å². The van der Waals surface area contributed by atoms with Crippen molar-refractivity contribution in [2.24, 2.45) is 0 Å². The van der Waals surface area contributed by atoms with Crippen LogP contribution < -0.4 is 4.90 Å². The lowest BCUT2D eigenvalue weighted by molar-refractivity contribution is -0.175. The van der Waals surface area contributed by atoms with Gasteiger partial charge in [0, 0.05) is 7.05 Å². The molecule has 112 valence electrons. The number of aryl methyl sites for hydroxylation is 1. The van der Waals surface area contributed by atoms with Crippen molar-refractivity contribution < 1.29 is 32.6 Å². The van der Waals surface area contributed by atoms with E-state index in [9.17, 15) is 22.8 Å². The van der Waals surface area contributed by atoms with Gasteiger partial charge in [-0.3, -0.25) is 4.79 Å². The fourth-order valence-electron chi connectivity index (χ4n) is 1.30. The summed E-state index contributed by atoms with van der Waals surface area (Å²) in [4.78, 5) is 23.6. The highest BCUT2D eigenvalue weighted by Gasteiger charge is 2.29. The number of aromatic carboxylic acids is 1. The standard InChI is InChI=1S/C10H11F3N2O4S/c1-5-7(9(17)18)8(20-14-5)15(2)6(16)3-19-4-10(11,12)13/h3-4H2,1-2H3,(H,17,18). The van der Waals surface area contributed by atoms with E-state index in [1.54, 1.807) is 0 Å². The highest BCUT2D eigenvalue weighted by molar-refractivity contribution is 7.11. The lowest BCUT2D eigenvalue weighted by Gasteiger charge is -2.16. The van der Waals surface area contributed by atoms with E-state index in [0.29, 0.717) is 0 Å². The first kappa shape index (κ1) is 16.4. The van der Waals surface area contributed by atoms with Gasteiger partial charge in [-0.1, -0.05) is 0 Å². The number of carbonyl (C=O) groups is 2. The number of rotatable bonds is 5. The Morgan fingerprint density at radius 1 is 1.45 bits per heavy atom. The number of amides is 1. The van der Waals surface area contributed by atoms with Crippen LogP contribution in [0.15, 0.2) is 0 Å². The van der Waals surface area contributed by atoms with E-state index in [1.807, 2.05) is 0 Å². The summed E-state index contributed by atoms with van der Waals surface area (Å²) >= 11 is 0.776. The minimum absolute atomic E-state index is 0.0515. The van der Waals surface area contributed by atoms with Crippen molar-refractivity contribution in [3.63, 3.8) is 0 Å². The lowest BCUT2D eigenvalue weighted by Crippen LogP contribution is -2.32. The number of alkyl halides is 3. The SMILES string of the molecule is Cc1nsc(N(C)C(=O)COCC(F)(F)F)c1C(=O)O. The number of hydrogen-bond acceptors (Lipinski definition) is 5. The Bertz CT molecular complexity index is 515. The number of aromatic nitrogens is 1. The monoisotopic (exact) mass is 312 g/mol. The fourth-order valence-corrected chi connectivity index (χ4v) is 2.16. The Morgan fingerprint density at radius 3 is 2.55 bits per heavy atom. The van der Waals surface area contributed by atoms with Crippen LogP contribution in [-0.4, -0.2) is 47.8 Å². The molecule has 0 saturated carbocycles. The number of carboxylic acid groups (broad SMARTS) is 1. The molecule has 6 nitrogen and oxygen atoms in total. The second kappa shape index (κ2) is 6.18. The number of likely N-dealkylation sites (N-methyl/N-ethyl adjacent to an activating group) is 1. The van der Waals surface area contributed by atoms with Gasteiger partial charge in [-0.2, -0.15) is 17.5 Å². The van der Waals surface area contributed by atoms with Gasteiger partial charge in [-0.25, -0.2) is 4.79 Å². The molecule has 1 aromatic rings. The first-order valence-electron chi connectivity index (χ1n) is 5.24. The topological polar surface area (TPSA) is 79.7 Å². The molecule has 0 fully saturated rings. The van der Waals surface area contributed by atoms with E-state index < -0.39 is 31.3 Å². The van der Waals surface area contributed by atoms with Crippen molar-refractivity contribution in [1.29, 1.82) is 0 Å². The van der Waals surface area contributed by atoms with Gasteiger partial charge in [0.2, 0.25) is 0 Å². The fraction of sp³-hybridized carbons (Fsp3) is 0.500. The normalized spacial score (nSPS) is 11.4. The average molecular weight is 312 g/mol. The zero-order valence-corrected chi connectivity index (χ0v) is 11.3. The van der Waals surface area contributed by atoms with Crippen molar-refractivity contribution in [1.82, 2.24) is 4.37 Å². The molecular formula is C10H11F3N2O4S. The Balaban J connectivity index is 2.73. The van der Waals surface area contributed by atoms with Crippen LogP contribution in [0.1, 0.15) is 16.1 Å². The van der Waals surface area contributed by atoms with E-state index in [1.165, 1.54) is 14.0 Å². The van der Waals surface area contributed by atoms with E-state index in [0.717, 1.165) is 16.4 Å². The van der Waals surface area contributed by atoms with Crippen molar-refractivity contribution in [3.05, 3.63) is 11.3 Å². The lowest BCUT2D eigenvalue weighted by atomic mass is 10.2. The maximum Gasteiger partial charge on any atom is 0.411 e. The molecule has 0 unspecified atom stereocenters. The van der Waals surface area contributed by atoms with E-state index >= 15 is 0 Å². The summed E-state index contributed by atoms with van der Waals surface area (Å²) in [6.07, 6.45) is -4.52. The first-order chi connectivity index (χ1) is 9.13. The quantitative estimate of drug-likeness (QED) is 0.895. The molecule has 0 aliphatic heterocycles. The molecule has 0 aromatic carbocycles. The molecule has 1 rings (SSSR count). The molecule has 0 bridgehead atoms. The van der Waals surface area contributed by atoms with Crippen LogP contribution >= 0.6 is 11.5 Å². The minimum Gasteiger partial charge on any atom is -0.478 e. The first-order valence-corrected chi connectivity index (χ1v) is 6.01. The third-order valence-electron chi connectivity index (χ3n) is 2.23. The number of ether oxygens (including phenoxy) is 1. The second-order valence-corrected chi connectivity index (χ2v) is 4.57. The van der Waals surface area contributed by atoms with E-state index in [-0.39, 0.29) is 16.3 Å². The summed E-state index contributed by atoms with van der Waals surface area (Å²) < 4.78 is 43.6. The minimum atomic E-state index is -4.52. The molecule has 0 spiro atoms. The maximum atomic E-state index is 11.9. The van der Waals surface area contributed by atoms with Gasteiger partial charge in [0.15, 0.2) is 0 Å². The molecule has 0 radical (unpaired) electrons. The summed E-state index contributed by atoms with van der Waals surface area (Å²) in [6, 6.07) is 0. The number of nitrogens with zero attached hydrogens (tertiary/aromatic N) is 2. The van der Waals surface area contributed by atoms with Gasteiger partial charge in [-0.15, -0.1) is 0 Å². The maximum absolute atomic E-state index is 11.9. The molecule has 0 aliphatic carbocycles. The van der Waals surface area contributed by atoms with Crippen molar-refractivity contribution >= 4 is 28.4 Å². The third kappa shape index (κ3) is 4.17. The molecule has 0 saturated heterocycles. The zero-order valence-electron chi connectivity index (χ0n) is 10.5. The summed E-state index contributed by atoms with van der Waals surface area (Å²) in [5.41, 5.74) is 0.0787. The van der Waals surface area contributed by atoms with Gasteiger partial charge >= 0.3 is 12.1 Å². The summed E-state index contributed by atoms with van der Waals surface area (Å²) in [5, 5.41) is 9.05. The number of carboxylic acids is 1. The van der Waals surface area contributed by atoms with Crippen LogP contribution in [0, 0.1) is 6.92 Å². The number of anilines is 1. The van der Waals surface area contributed by atoms with Crippen LogP contribution in [0.4, 0.5) is 18.2 Å². The number of hydrogen-bond donors (Lipinski definition) is 1. The smallest absolute Gasteiger partial charge is 0.411 e. The van der Waals surface area contributed by atoms with E-state index in [2.05, 4.69) is 9.11 Å². The molecule has 1 amide bonds. The zero-order chi connectivity index (χ0) is 15.5. The van der Waals surface area contributed by atoms with Gasteiger partial charge in [0.25, 0.3) is 5.91 Å². The Hall–Kier alpha value is -1.68. The molecule has 1 aromatic heterocycles. The van der Waals surface area contributed by atoms with Crippen LogP contribution in [0.2, 0.25) is 0 Å². The molecule has 10 heteroatoms. The van der Waals surface area contributed by atoms with Gasteiger partial charge in [-0.05, 0) is 18.5 Å². The number of carbonyl (C=O) groups excluding carboxylic acids is 1. The average Bonchev–Trinajstić information content (AvgIpc) is 2.68. The predicted molar refractivity (Wildman–Crippen MR) is 64.1 cm³/mol. The molecule has 1 heterocycles. The molecule has 20 heavy (non-hydrogen) atoms. The number of halogens is 3. The third-order valence-corrected chi connectivity index (χ3v) is 3.24. The van der Waals surface area contributed by atoms with Gasteiger partial charge in [0.05, 0.1) is 5.69 Å². The largest absolute Gasteiger partial charge is 0.478 e. The highest BCUT2D eigenvalue weighted by atomic mass is 32.1. The second-order valence-electron chi connectivity index (χ2n) is 3.81. The molecule has 0 aliphatic rings. The summed E-state index contributed by atoms with van der Waals surface area (Å²) in [7, 11) is 1.25. The van der Waals surface area contributed by atoms with Crippen LogP contribution in [0.25, 0.3) is 0 Å². The summed E-state index contributed by atoms with van der Waals surface area (Å²) in [6.45, 7) is -0.881. The van der Waals surface area contributed by atoms with Crippen molar-refractivity contribution in [3.8, 4) is 0 Å². The molecule has 0 atom stereocenters. The Morgan fingerprint density at radius 2 is 2.05 bits per heavy atom.